The number of rotatable bonds is 4. The Hall–Kier alpha value is -1.88. The highest BCUT2D eigenvalue weighted by Gasteiger charge is 2.45. The number of carbonyl (C=O) groups is 2. The highest BCUT2D eigenvalue weighted by atomic mass is 16.5. The molecular formula is C22H30N2O3. The molecule has 0 N–H and O–H groups in total. The van der Waals surface area contributed by atoms with Crippen molar-refractivity contribution in [3.8, 4) is 0 Å². The predicted molar refractivity (Wildman–Crippen MR) is 103 cm³/mol. The van der Waals surface area contributed by atoms with E-state index in [0.717, 1.165) is 50.0 Å². The molecular weight excluding hydrogens is 340 g/mol. The second-order valence-electron chi connectivity index (χ2n) is 8.26. The topological polar surface area (TPSA) is 49.9 Å². The number of methoxy groups -OCH3 is 1. The van der Waals surface area contributed by atoms with Crippen molar-refractivity contribution in [1.29, 1.82) is 0 Å². The monoisotopic (exact) mass is 370 g/mol. The van der Waals surface area contributed by atoms with Crippen molar-refractivity contribution in [2.24, 2.45) is 5.92 Å². The average Bonchev–Trinajstić information content (AvgIpc) is 3.36. The van der Waals surface area contributed by atoms with Crippen LogP contribution in [0.15, 0.2) is 24.3 Å². The molecule has 1 amide bonds. The summed E-state index contributed by atoms with van der Waals surface area (Å²) in [5.74, 6) is 0.643. The van der Waals surface area contributed by atoms with E-state index in [1.807, 2.05) is 29.2 Å². The Balaban J connectivity index is 1.47. The number of nitrogens with zero attached hydrogens (tertiary/aromatic N) is 2. The van der Waals surface area contributed by atoms with Crippen LogP contribution < -0.4 is 0 Å². The lowest BCUT2D eigenvalue weighted by Gasteiger charge is -2.33. The molecule has 1 aromatic rings. The fourth-order valence-corrected chi connectivity index (χ4v) is 5.21. The fraction of sp³-hybridized carbons (Fsp3) is 0.636. The summed E-state index contributed by atoms with van der Waals surface area (Å²) in [7, 11) is 1.49. The van der Waals surface area contributed by atoms with Crippen molar-refractivity contribution in [2.45, 2.75) is 63.6 Å². The van der Waals surface area contributed by atoms with Gasteiger partial charge < -0.3 is 9.64 Å². The quantitative estimate of drug-likeness (QED) is 0.764. The van der Waals surface area contributed by atoms with E-state index in [1.54, 1.807) is 0 Å². The van der Waals surface area contributed by atoms with Gasteiger partial charge in [0.1, 0.15) is 6.04 Å². The van der Waals surface area contributed by atoms with Crippen LogP contribution >= 0.6 is 0 Å². The van der Waals surface area contributed by atoms with Crippen molar-refractivity contribution >= 4 is 11.9 Å². The van der Waals surface area contributed by atoms with Crippen molar-refractivity contribution in [3.05, 3.63) is 35.4 Å². The summed E-state index contributed by atoms with van der Waals surface area (Å²) >= 11 is 0. The predicted octanol–water partition coefficient (Wildman–Crippen LogP) is 3.23. The number of esters is 1. The Labute approximate surface area is 161 Å². The molecule has 3 fully saturated rings. The number of hydrogen-bond acceptors (Lipinski definition) is 4. The Bertz CT molecular complexity index is 681. The summed E-state index contributed by atoms with van der Waals surface area (Å²) < 4.78 is 5.08. The summed E-state index contributed by atoms with van der Waals surface area (Å²) in [6, 6.07) is 8.33. The number of carbonyl (C=O) groups excluding carboxylic acids is 2. The van der Waals surface area contributed by atoms with Crippen molar-refractivity contribution in [1.82, 2.24) is 9.80 Å². The first-order valence-corrected chi connectivity index (χ1v) is 10.4. The smallest absolute Gasteiger partial charge is 0.323 e. The highest BCUT2D eigenvalue weighted by molar-refractivity contribution is 5.94. The Kier molecular flexibility index (Phi) is 5.48. The molecule has 4 rings (SSSR count). The third-order valence-corrected chi connectivity index (χ3v) is 6.65. The van der Waals surface area contributed by atoms with Gasteiger partial charge in [-0.15, -0.1) is 0 Å². The van der Waals surface area contributed by atoms with Crippen LogP contribution in [0.4, 0.5) is 0 Å². The molecule has 1 aliphatic carbocycles. The molecule has 3 aliphatic rings. The number of hydrogen-bond donors (Lipinski definition) is 0. The number of ether oxygens (including phenoxy) is 1. The number of amides is 1. The van der Waals surface area contributed by atoms with Gasteiger partial charge >= 0.3 is 5.97 Å². The maximum atomic E-state index is 12.5. The molecule has 1 aromatic carbocycles. The van der Waals surface area contributed by atoms with E-state index in [4.69, 9.17) is 4.74 Å². The van der Waals surface area contributed by atoms with Crippen LogP contribution in [-0.4, -0.2) is 54.0 Å². The first-order valence-electron chi connectivity index (χ1n) is 10.4. The molecule has 27 heavy (non-hydrogen) atoms. The minimum atomic E-state index is -0.131. The molecule has 146 valence electrons. The molecule has 0 aromatic heterocycles. The van der Waals surface area contributed by atoms with Gasteiger partial charge in [0.25, 0.3) is 5.91 Å². The molecule has 5 nitrogen and oxygen atoms in total. The molecule has 5 heteroatoms. The van der Waals surface area contributed by atoms with Gasteiger partial charge in [-0.3, -0.25) is 14.5 Å². The van der Waals surface area contributed by atoms with E-state index >= 15 is 0 Å². The van der Waals surface area contributed by atoms with Crippen LogP contribution in [0.3, 0.4) is 0 Å². The van der Waals surface area contributed by atoms with Crippen LogP contribution in [-0.2, 0) is 16.1 Å². The van der Waals surface area contributed by atoms with E-state index in [9.17, 15) is 9.59 Å². The molecule has 2 heterocycles. The second-order valence-corrected chi connectivity index (χ2v) is 8.26. The maximum absolute atomic E-state index is 12.5. The molecule has 2 aliphatic heterocycles. The number of likely N-dealkylation sites (tertiary alicyclic amines) is 2. The van der Waals surface area contributed by atoms with Gasteiger partial charge in [0, 0.05) is 31.2 Å². The van der Waals surface area contributed by atoms with E-state index in [2.05, 4.69) is 4.90 Å². The second kappa shape index (κ2) is 8.01. The minimum absolute atomic E-state index is 0.106. The Morgan fingerprint density at radius 3 is 2.44 bits per heavy atom. The van der Waals surface area contributed by atoms with Crippen molar-refractivity contribution < 1.29 is 14.3 Å². The van der Waals surface area contributed by atoms with E-state index in [-0.39, 0.29) is 17.9 Å². The summed E-state index contributed by atoms with van der Waals surface area (Å²) in [5.41, 5.74) is 1.93. The van der Waals surface area contributed by atoms with Crippen LogP contribution in [0.2, 0.25) is 0 Å². The molecule has 2 saturated heterocycles. The standard InChI is InChI=1S/C22H30N2O3/c1-27-22(26)20-14-18-6-2-3-7-19(18)24(20)15-16-8-10-17(11-9-16)21(25)23-12-4-5-13-23/h8-11,18-20H,2-7,12-15H2,1H3. The molecule has 1 saturated carbocycles. The fourth-order valence-electron chi connectivity index (χ4n) is 5.21. The molecule has 0 radical (unpaired) electrons. The lowest BCUT2D eigenvalue weighted by Crippen LogP contribution is -2.42. The van der Waals surface area contributed by atoms with Crippen LogP contribution in [0.25, 0.3) is 0 Å². The summed E-state index contributed by atoms with van der Waals surface area (Å²) in [6.45, 7) is 2.50. The number of fused-ring (bicyclic) bond motifs is 1. The summed E-state index contributed by atoms with van der Waals surface area (Å²) in [5, 5.41) is 0. The van der Waals surface area contributed by atoms with E-state index in [0.29, 0.717) is 12.0 Å². The Morgan fingerprint density at radius 1 is 1.04 bits per heavy atom. The summed E-state index contributed by atoms with van der Waals surface area (Å²) in [4.78, 5) is 29.2. The van der Waals surface area contributed by atoms with Gasteiger partial charge in [-0.1, -0.05) is 25.0 Å². The normalized spacial score (nSPS) is 28.2. The van der Waals surface area contributed by atoms with Gasteiger partial charge in [0.05, 0.1) is 7.11 Å². The van der Waals surface area contributed by atoms with Crippen LogP contribution in [0, 0.1) is 5.92 Å². The van der Waals surface area contributed by atoms with Crippen molar-refractivity contribution in [3.63, 3.8) is 0 Å². The highest BCUT2D eigenvalue weighted by Crippen LogP contribution is 2.40. The third kappa shape index (κ3) is 3.75. The van der Waals surface area contributed by atoms with Gasteiger partial charge in [-0.2, -0.15) is 0 Å². The van der Waals surface area contributed by atoms with E-state index in [1.165, 1.54) is 32.8 Å². The minimum Gasteiger partial charge on any atom is -0.468 e. The summed E-state index contributed by atoms with van der Waals surface area (Å²) in [6.07, 6.45) is 8.04. The van der Waals surface area contributed by atoms with Gasteiger partial charge in [0.2, 0.25) is 0 Å². The molecule has 0 spiro atoms. The van der Waals surface area contributed by atoms with E-state index < -0.39 is 0 Å². The Morgan fingerprint density at radius 2 is 1.74 bits per heavy atom. The maximum Gasteiger partial charge on any atom is 0.323 e. The molecule has 3 unspecified atom stereocenters. The zero-order valence-corrected chi connectivity index (χ0v) is 16.2. The SMILES string of the molecule is COC(=O)C1CC2CCCCC2N1Cc1ccc(C(=O)N2CCCC2)cc1. The van der Waals surface area contributed by atoms with Gasteiger partial charge in [-0.05, 0) is 55.7 Å². The first kappa shape index (κ1) is 18.5. The van der Waals surface area contributed by atoms with Gasteiger partial charge in [0.15, 0.2) is 0 Å². The zero-order valence-electron chi connectivity index (χ0n) is 16.2. The van der Waals surface area contributed by atoms with Crippen LogP contribution in [0.5, 0.6) is 0 Å². The largest absolute Gasteiger partial charge is 0.468 e. The third-order valence-electron chi connectivity index (χ3n) is 6.65. The molecule has 0 bridgehead atoms. The first-order chi connectivity index (χ1) is 13.2. The average molecular weight is 370 g/mol. The number of benzene rings is 1. The lowest BCUT2D eigenvalue weighted by molar-refractivity contribution is -0.146. The lowest BCUT2D eigenvalue weighted by atomic mass is 9.84. The van der Waals surface area contributed by atoms with Gasteiger partial charge in [-0.25, -0.2) is 0 Å². The zero-order chi connectivity index (χ0) is 18.8. The van der Waals surface area contributed by atoms with Crippen LogP contribution in [0.1, 0.15) is 60.9 Å². The van der Waals surface area contributed by atoms with Crippen molar-refractivity contribution in [2.75, 3.05) is 20.2 Å². The molecule has 3 atom stereocenters.